The number of amides is 1. The first-order valence-electron chi connectivity index (χ1n) is 7.99. The molecule has 0 saturated carbocycles. The molecule has 0 radical (unpaired) electrons. The Morgan fingerprint density at radius 2 is 2.00 bits per heavy atom. The molecule has 128 valence electrons. The van der Waals surface area contributed by atoms with Gasteiger partial charge in [0.15, 0.2) is 11.5 Å². The third-order valence-electron chi connectivity index (χ3n) is 4.27. The lowest BCUT2D eigenvalue weighted by Crippen LogP contribution is -2.22. The van der Waals surface area contributed by atoms with E-state index >= 15 is 0 Å². The summed E-state index contributed by atoms with van der Waals surface area (Å²) in [5.41, 5.74) is 10.0. The van der Waals surface area contributed by atoms with Gasteiger partial charge in [0.05, 0.1) is 5.69 Å². The predicted octanol–water partition coefficient (Wildman–Crippen LogP) is 3.76. The lowest BCUT2D eigenvalue weighted by atomic mass is 10.1. The molecule has 2 heterocycles. The lowest BCUT2D eigenvalue weighted by molar-refractivity contribution is 0.0955. The van der Waals surface area contributed by atoms with Crippen molar-refractivity contribution in [3.05, 3.63) is 51.9 Å². The molecule has 6 heteroatoms. The van der Waals surface area contributed by atoms with Crippen molar-refractivity contribution in [2.75, 3.05) is 12.5 Å². The van der Waals surface area contributed by atoms with Crippen LogP contribution in [0.3, 0.4) is 0 Å². The molecule has 0 fully saturated rings. The number of carbonyl (C=O) groups is 1. The molecular formula is C19H18N2O3S. The fourth-order valence-corrected chi connectivity index (χ4v) is 4.33. The Hall–Kier alpha value is -2.73. The van der Waals surface area contributed by atoms with Crippen LogP contribution >= 0.6 is 11.3 Å². The van der Waals surface area contributed by atoms with Crippen LogP contribution in [0.4, 0.5) is 5.69 Å². The van der Waals surface area contributed by atoms with Crippen LogP contribution in [0, 0.1) is 13.8 Å². The van der Waals surface area contributed by atoms with Crippen molar-refractivity contribution in [1.29, 1.82) is 0 Å². The van der Waals surface area contributed by atoms with Gasteiger partial charge in [0.2, 0.25) is 6.79 Å². The first kappa shape index (κ1) is 15.8. The van der Waals surface area contributed by atoms with Crippen molar-refractivity contribution in [2.45, 2.75) is 20.4 Å². The summed E-state index contributed by atoms with van der Waals surface area (Å²) in [6, 6.07) is 9.79. The second kappa shape index (κ2) is 5.97. The maximum absolute atomic E-state index is 12.6. The van der Waals surface area contributed by atoms with E-state index in [4.69, 9.17) is 15.2 Å². The van der Waals surface area contributed by atoms with Crippen LogP contribution in [-0.2, 0) is 6.54 Å². The van der Waals surface area contributed by atoms with Gasteiger partial charge in [0.25, 0.3) is 5.91 Å². The Bertz CT molecular complexity index is 994. The Labute approximate surface area is 149 Å². The number of hydrogen-bond acceptors (Lipinski definition) is 5. The molecule has 0 bridgehead atoms. The summed E-state index contributed by atoms with van der Waals surface area (Å²) in [6.07, 6.45) is 0. The largest absolute Gasteiger partial charge is 0.454 e. The molecule has 25 heavy (non-hydrogen) atoms. The van der Waals surface area contributed by atoms with Crippen molar-refractivity contribution >= 4 is 33.0 Å². The first-order valence-corrected chi connectivity index (χ1v) is 8.80. The van der Waals surface area contributed by atoms with Crippen LogP contribution in [0.2, 0.25) is 0 Å². The molecule has 4 rings (SSSR count). The zero-order chi connectivity index (χ0) is 17.6. The Morgan fingerprint density at radius 1 is 1.20 bits per heavy atom. The van der Waals surface area contributed by atoms with Crippen LogP contribution < -0.4 is 20.5 Å². The number of nitrogens with one attached hydrogen (secondary N) is 1. The van der Waals surface area contributed by atoms with Crippen LogP contribution in [-0.4, -0.2) is 12.7 Å². The van der Waals surface area contributed by atoms with Gasteiger partial charge in [-0.1, -0.05) is 12.1 Å². The SMILES string of the molecule is Cc1cc(C)c2c(N)c(C(=O)NCc3ccc4c(c3)OCO4)sc2c1. The van der Waals surface area contributed by atoms with Crippen LogP contribution in [0.5, 0.6) is 11.5 Å². The third kappa shape index (κ3) is 2.78. The second-order valence-corrected chi connectivity index (χ2v) is 7.22. The highest BCUT2D eigenvalue weighted by Gasteiger charge is 2.18. The number of thiophene rings is 1. The highest BCUT2D eigenvalue weighted by molar-refractivity contribution is 7.21. The van der Waals surface area contributed by atoms with Gasteiger partial charge in [-0.15, -0.1) is 11.3 Å². The summed E-state index contributed by atoms with van der Waals surface area (Å²) in [5, 5.41) is 3.91. The summed E-state index contributed by atoms with van der Waals surface area (Å²) in [7, 11) is 0. The number of ether oxygens (including phenoxy) is 2. The van der Waals surface area contributed by atoms with E-state index < -0.39 is 0 Å². The molecule has 0 spiro atoms. The van der Waals surface area contributed by atoms with Crippen LogP contribution in [0.1, 0.15) is 26.4 Å². The highest BCUT2D eigenvalue weighted by Crippen LogP contribution is 2.37. The monoisotopic (exact) mass is 354 g/mol. The van der Waals surface area contributed by atoms with Gasteiger partial charge in [0, 0.05) is 16.6 Å². The molecule has 0 atom stereocenters. The summed E-state index contributed by atoms with van der Waals surface area (Å²) in [5.74, 6) is 1.28. The number of nitrogen functional groups attached to an aromatic ring is 1. The third-order valence-corrected chi connectivity index (χ3v) is 5.42. The minimum Gasteiger partial charge on any atom is -0.454 e. The fourth-order valence-electron chi connectivity index (χ4n) is 3.11. The van der Waals surface area contributed by atoms with Gasteiger partial charge < -0.3 is 20.5 Å². The molecule has 3 aromatic rings. The molecule has 0 saturated heterocycles. The van der Waals surface area contributed by atoms with E-state index in [-0.39, 0.29) is 12.7 Å². The number of fused-ring (bicyclic) bond motifs is 2. The normalized spacial score (nSPS) is 12.6. The zero-order valence-corrected chi connectivity index (χ0v) is 14.8. The van der Waals surface area contributed by atoms with E-state index in [0.29, 0.717) is 22.9 Å². The van der Waals surface area contributed by atoms with E-state index in [9.17, 15) is 4.79 Å². The van der Waals surface area contributed by atoms with Gasteiger partial charge in [0.1, 0.15) is 4.88 Å². The van der Waals surface area contributed by atoms with Crippen molar-refractivity contribution < 1.29 is 14.3 Å². The van der Waals surface area contributed by atoms with Crippen molar-refractivity contribution in [2.24, 2.45) is 0 Å². The number of anilines is 1. The van der Waals surface area contributed by atoms with Crippen molar-refractivity contribution in [3.8, 4) is 11.5 Å². The summed E-state index contributed by atoms with van der Waals surface area (Å²) >= 11 is 1.43. The van der Waals surface area contributed by atoms with E-state index in [1.54, 1.807) is 0 Å². The van der Waals surface area contributed by atoms with Gasteiger partial charge in [-0.25, -0.2) is 0 Å². The minimum atomic E-state index is -0.159. The van der Waals surface area contributed by atoms with Gasteiger partial charge in [-0.3, -0.25) is 4.79 Å². The predicted molar refractivity (Wildman–Crippen MR) is 99.4 cm³/mol. The van der Waals surface area contributed by atoms with Gasteiger partial charge >= 0.3 is 0 Å². The molecular weight excluding hydrogens is 336 g/mol. The molecule has 1 aromatic heterocycles. The standard InChI is InChI=1S/C19H18N2O3S/c1-10-5-11(2)16-15(6-10)25-18(17(16)20)19(22)21-8-12-3-4-13-14(7-12)24-9-23-13/h3-7H,8-9,20H2,1-2H3,(H,21,22). The number of hydrogen-bond donors (Lipinski definition) is 2. The number of rotatable bonds is 3. The molecule has 3 N–H and O–H groups in total. The van der Waals surface area contributed by atoms with Gasteiger partial charge in [-0.2, -0.15) is 0 Å². The maximum atomic E-state index is 12.6. The molecule has 0 unspecified atom stereocenters. The average molecular weight is 354 g/mol. The van der Waals surface area contributed by atoms with Gasteiger partial charge in [-0.05, 0) is 48.7 Å². The Balaban J connectivity index is 1.56. The summed E-state index contributed by atoms with van der Waals surface area (Å²) < 4.78 is 11.7. The molecule has 2 aromatic carbocycles. The zero-order valence-electron chi connectivity index (χ0n) is 14.0. The molecule has 0 aliphatic carbocycles. The van der Waals surface area contributed by atoms with Crippen LogP contribution in [0.25, 0.3) is 10.1 Å². The van der Waals surface area contributed by atoms with E-state index in [2.05, 4.69) is 17.4 Å². The highest BCUT2D eigenvalue weighted by atomic mass is 32.1. The van der Waals surface area contributed by atoms with Crippen molar-refractivity contribution in [3.63, 3.8) is 0 Å². The minimum absolute atomic E-state index is 0.159. The molecule has 1 aliphatic heterocycles. The quantitative estimate of drug-likeness (QED) is 0.751. The first-order chi connectivity index (χ1) is 12.0. The number of aryl methyl sites for hydroxylation is 2. The molecule has 1 aliphatic rings. The summed E-state index contributed by atoms with van der Waals surface area (Å²) in [4.78, 5) is 13.2. The van der Waals surface area contributed by atoms with E-state index in [0.717, 1.165) is 27.0 Å². The average Bonchev–Trinajstić information content (AvgIpc) is 3.16. The lowest BCUT2D eigenvalue weighted by Gasteiger charge is -2.06. The summed E-state index contributed by atoms with van der Waals surface area (Å²) in [6.45, 7) is 4.71. The second-order valence-electron chi connectivity index (χ2n) is 6.17. The smallest absolute Gasteiger partial charge is 0.263 e. The van der Waals surface area contributed by atoms with E-state index in [1.807, 2.05) is 32.0 Å². The topological polar surface area (TPSA) is 73.6 Å². The molecule has 1 amide bonds. The number of carbonyl (C=O) groups excluding carboxylic acids is 1. The fraction of sp³-hybridized carbons (Fsp3) is 0.211. The molecule has 5 nitrogen and oxygen atoms in total. The maximum Gasteiger partial charge on any atom is 0.263 e. The number of benzene rings is 2. The van der Waals surface area contributed by atoms with E-state index in [1.165, 1.54) is 16.9 Å². The van der Waals surface area contributed by atoms with Crippen molar-refractivity contribution in [1.82, 2.24) is 5.32 Å². The Kier molecular flexibility index (Phi) is 3.77. The van der Waals surface area contributed by atoms with Crippen LogP contribution in [0.15, 0.2) is 30.3 Å². The number of nitrogens with two attached hydrogens (primary N) is 1. The Morgan fingerprint density at radius 3 is 2.84 bits per heavy atom.